The van der Waals surface area contributed by atoms with Gasteiger partial charge in [-0.15, -0.1) is 0 Å². The van der Waals surface area contributed by atoms with Crippen molar-refractivity contribution in [2.75, 3.05) is 0 Å². The third kappa shape index (κ3) is 5.28. The van der Waals surface area contributed by atoms with Crippen molar-refractivity contribution in [2.24, 2.45) is 5.92 Å². The minimum Gasteiger partial charge on any atom is -0.480 e. The third-order valence-electron chi connectivity index (χ3n) is 2.70. The minimum atomic E-state index is -1.06. The second-order valence-electron chi connectivity index (χ2n) is 5.00. The van der Waals surface area contributed by atoms with Gasteiger partial charge in [0, 0.05) is 4.47 Å². The van der Waals surface area contributed by atoms with Crippen molar-refractivity contribution >= 4 is 27.8 Å². The molecule has 0 aromatic heterocycles. The van der Waals surface area contributed by atoms with Gasteiger partial charge in [0.2, 0.25) is 5.91 Å². The van der Waals surface area contributed by atoms with Crippen LogP contribution in [0.25, 0.3) is 0 Å². The number of carbonyl (C=O) groups is 2. The summed E-state index contributed by atoms with van der Waals surface area (Å²) in [6.07, 6.45) is 0.283. The first kappa shape index (κ1) is 16.6. The van der Waals surface area contributed by atoms with Gasteiger partial charge < -0.3 is 10.4 Å². The predicted octanol–water partition coefficient (Wildman–Crippen LogP) is 2.75. The molecule has 1 amide bonds. The lowest BCUT2D eigenvalue weighted by atomic mass is 10.0. The highest BCUT2D eigenvalue weighted by atomic mass is 79.9. The van der Waals surface area contributed by atoms with Crippen molar-refractivity contribution in [2.45, 2.75) is 32.7 Å². The second-order valence-corrected chi connectivity index (χ2v) is 5.85. The van der Waals surface area contributed by atoms with Crippen molar-refractivity contribution in [3.05, 3.63) is 34.1 Å². The van der Waals surface area contributed by atoms with Gasteiger partial charge in [-0.2, -0.15) is 0 Å². The van der Waals surface area contributed by atoms with E-state index in [0.717, 1.165) is 0 Å². The third-order valence-corrected chi connectivity index (χ3v) is 3.47. The largest absolute Gasteiger partial charge is 0.480 e. The molecule has 0 radical (unpaired) electrons. The number of carbonyl (C=O) groups excluding carboxylic acids is 1. The Balaban J connectivity index is 2.70. The zero-order valence-electron chi connectivity index (χ0n) is 11.3. The molecule has 0 aliphatic heterocycles. The molecule has 0 aliphatic carbocycles. The molecule has 1 unspecified atom stereocenters. The SMILES string of the molecule is CC(C)CC(NC(=O)Cc1cc(F)ccc1Br)C(=O)O. The Morgan fingerprint density at radius 2 is 2.05 bits per heavy atom. The fraction of sp³-hybridized carbons (Fsp3) is 0.429. The van der Waals surface area contributed by atoms with Crippen LogP contribution in [0.5, 0.6) is 0 Å². The summed E-state index contributed by atoms with van der Waals surface area (Å²) < 4.78 is 13.7. The maximum Gasteiger partial charge on any atom is 0.326 e. The molecule has 0 spiro atoms. The van der Waals surface area contributed by atoms with E-state index in [-0.39, 0.29) is 12.3 Å². The quantitative estimate of drug-likeness (QED) is 0.832. The van der Waals surface area contributed by atoms with Crippen LogP contribution in [-0.4, -0.2) is 23.0 Å². The summed E-state index contributed by atoms with van der Waals surface area (Å²) >= 11 is 3.23. The summed E-state index contributed by atoms with van der Waals surface area (Å²) in [5, 5.41) is 11.5. The second kappa shape index (κ2) is 7.38. The fourth-order valence-electron chi connectivity index (χ4n) is 1.79. The van der Waals surface area contributed by atoms with Crippen LogP contribution in [0.15, 0.2) is 22.7 Å². The summed E-state index contributed by atoms with van der Waals surface area (Å²) in [5.74, 6) is -1.79. The van der Waals surface area contributed by atoms with Crippen molar-refractivity contribution in [1.82, 2.24) is 5.32 Å². The van der Waals surface area contributed by atoms with Crippen LogP contribution < -0.4 is 5.32 Å². The number of halogens is 2. The van der Waals surface area contributed by atoms with E-state index in [1.54, 1.807) is 0 Å². The van der Waals surface area contributed by atoms with Crippen LogP contribution in [0.3, 0.4) is 0 Å². The molecule has 1 atom stereocenters. The molecule has 20 heavy (non-hydrogen) atoms. The summed E-state index contributed by atoms with van der Waals surface area (Å²) in [6, 6.07) is 3.13. The first-order valence-corrected chi connectivity index (χ1v) is 7.05. The Labute approximate surface area is 125 Å². The molecular formula is C14H17BrFNO3. The summed E-state index contributed by atoms with van der Waals surface area (Å²) in [7, 11) is 0. The van der Waals surface area contributed by atoms with E-state index in [1.165, 1.54) is 18.2 Å². The van der Waals surface area contributed by atoms with Crippen molar-refractivity contribution in [3.63, 3.8) is 0 Å². The number of hydrogen-bond donors (Lipinski definition) is 2. The Bertz CT molecular complexity index is 505. The van der Waals surface area contributed by atoms with Gasteiger partial charge in [-0.3, -0.25) is 4.79 Å². The van der Waals surface area contributed by atoms with E-state index < -0.39 is 23.7 Å². The zero-order valence-corrected chi connectivity index (χ0v) is 12.9. The number of carboxylic acids is 1. The van der Waals surface area contributed by atoms with Gasteiger partial charge in [0.15, 0.2) is 0 Å². The van der Waals surface area contributed by atoms with Crippen LogP contribution in [0, 0.1) is 11.7 Å². The molecule has 0 saturated heterocycles. The number of nitrogens with one attached hydrogen (secondary N) is 1. The van der Waals surface area contributed by atoms with E-state index >= 15 is 0 Å². The Hall–Kier alpha value is -1.43. The Kier molecular flexibility index (Phi) is 6.13. The normalized spacial score (nSPS) is 12.2. The number of rotatable bonds is 6. The maximum absolute atomic E-state index is 13.1. The molecule has 6 heteroatoms. The van der Waals surface area contributed by atoms with Crippen LogP contribution in [0.4, 0.5) is 4.39 Å². The van der Waals surface area contributed by atoms with E-state index in [0.29, 0.717) is 16.5 Å². The van der Waals surface area contributed by atoms with Crippen molar-refractivity contribution < 1.29 is 19.1 Å². The van der Waals surface area contributed by atoms with E-state index in [9.17, 15) is 14.0 Å². The lowest BCUT2D eigenvalue weighted by molar-refractivity contribution is -0.142. The van der Waals surface area contributed by atoms with Gasteiger partial charge in [0.25, 0.3) is 0 Å². The number of carboxylic acid groups (broad SMARTS) is 1. The molecule has 0 aliphatic rings. The van der Waals surface area contributed by atoms with Crippen LogP contribution >= 0.6 is 15.9 Å². The van der Waals surface area contributed by atoms with Crippen LogP contribution in [0.2, 0.25) is 0 Å². The van der Waals surface area contributed by atoms with Gasteiger partial charge in [-0.05, 0) is 36.1 Å². The Morgan fingerprint density at radius 3 is 2.60 bits per heavy atom. The maximum atomic E-state index is 13.1. The Morgan fingerprint density at radius 1 is 1.40 bits per heavy atom. The van der Waals surface area contributed by atoms with Gasteiger partial charge in [0.1, 0.15) is 11.9 Å². The monoisotopic (exact) mass is 345 g/mol. The predicted molar refractivity (Wildman–Crippen MR) is 76.8 cm³/mol. The lowest BCUT2D eigenvalue weighted by Crippen LogP contribution is -2.42. The highest BCUT2D eigenvalue weighted by Gasteiger charge is 2.21. The molecule has 0 fully saturated rings. The molecule has 1 rings (SSSR count). The first-order chi connectivity index (χ1) is 9.29. The molecule has 1 aromatic rings. The molecule has 4 nitrogen and oxygen atoms in total. The highest BCUT2D eigenvalue weighted by molar-refractivity contribution is 9.10. The fourth-order valence-corrected chi connectivity index (χ4v) is 2.18. The summed E-state index contributed by atoms with van der Waals surface area (Å²) in [5.41, 5.74) is 0.483. The van der Waals surface area contributed by atoms with Crippen LogP contribution in [0.1, 0.15) is 25.8 Å². The molecule has 1 aromatic carbocycles. The standard InChI is InChI=1S/C14H17BrFNO3/c1-8(2)5-12(14(19)20)17-13(18)7-9-6-10(16)3-4-11(9)15/h3-4,6,8,12H,5,7H2,1-2H3,(H,17,18)(H,19,20). The molecule has 2 N–H and O–H groups in total. The number of amides is 1. The number of hydrogen-bond acceptors (Lipinski definition) is 2. The summed E-state index contributed by atoms with van der Waals surface area (Å²) in [4.78, 5) is 22.9. The molecular weight excluding hydrogens is 329 g/mol. The van der Waals surface area contributed by atoms with Gasteiger partial charge in [-0.25, -0.2) is 9.18 Å². The number of benzene rings is 1. The summed E-state index contributed by atoms with van der Waals surface area (Å²) in [6.45, 7) is 3.76. The van der Waals surface area contributed by atoms with E-state index in [4.69, 9.17) is 5.11 Å². The molecule has 0 bridgehead atoms. The van der Waals surface area contributed by atoms with Gasteiger partial charge in [-0.1, -0.05) is 29.8 Å². The molecule has 110 valence electrons. The van der Waals surface area contributed by atoms with Crippen molar-refractivity contribution in [3.8, 4) is 0 Å². The van der Waals surface area contributed by atoms with Crippen molar-refractivity contribution in [1.29, 1.82) is 0 Å². The van der Waals surface area contributed by atoms with E-state index in [1.807, 2.05) is 13.8 Å². The van der Waals surface area contributed by atoms with Gasteiger partial charge in [0.05, 0.1) is 6.42 Å². The van der Waals surface area contributed by atoms with E-state index in [2.05, 4.69) is 21.2 Å². The lowest BCUT2D eigenvalue weighted by Gasteiger charge is -2.16. The molecule has 0 saturated carbocycles. The smallest absolute Gasteiger partial charge is 0.326 e. The average Bonchev–Trinajstić information content (AvgIpc) is 2.32. The average molecular weight is 346 g/mol. The first-order valence-electron chi connectivity index (χ1n) is 6.25. The number of aliphatic carboxylic acids is 1. The van der Waals surface area contributed by atoms with Crippen LogP contribution in [-0.2, 0) is 16.0 Å². The highest BCUT2D eigenvalue weighted by Crippen LogP contribution is 2.18. The zero-order chi connectivity index (χ0) is 15.3. The topological polar surface area (TPSA) is 66.4 Å². The minimum absolute atomic E-state index is 0.0692. The molecule has 0 heterocycles. The van der Waals surface area contributed by atoms with Gasteiger partial charge >= 0.3 is 5.97 Å².